The molecule has 0 amide bonds. The first-order valence-corrected chi connectivity index (χ1v) is 5.96. The molecule has 0 heterocycles. The van der Waals surface area contributed by atoms with Crippen LogP contribution in [0.15, 0.2) is 23.8 Å². The Labute approximate surface area is 115 Å². The lowest BCUT2D eigenvalue weighted by Crippen LogP contribution is -2.07. The third-order valence-corrected chi connectivity index (χ3v) is 2.41. The number of hydrogen-bond acceptors (Lipinski definition) is 4. The van der Waals surface area contributed by atoms with Gasteiger partial charge in [0.25, 0.3) is 0 Å². The molecule has 0 aliphatic rings. The van der Waals surface area contributed by atoms with Crippen LogP contribution in [0.1, 0.15) is 19.4 Å². The quantitative estimate of drug-likeness (QED) is 0.595. The zero-order valence-electron chi connectivity index (χ0n) is 11.5. The fourth-order valence-electron chi connectivity index (χ4n) is 1.56. The second kappa shape index (κ2) is 7.47. The number of benzene rings is 1. The van der Waals surface area contributed by atoms with Crippen LogP contribution >= 0.6 is 0 Å². The van der Waals surface area contributed by atoms with E-state index in [1.165, 1.54) is 26.2 Å². The highest BCUT2D eigenvalue weighted by Crippen LogP contribution is 2.33. The Bertz CT molecular complexity index is 498. The van der Waals surface area contributed by atoms with Crippen LogP contribution in [0.2, 0.25) is 0 Å². The molecule has 0 saturated carbocycles. The van der Waals surface area contributed by atoms with E-state index in [-0.39, 0.29) is 23.7 Å². The number of ether oxygens (including phenoxy) is 3. The Hall–Kier alpha value is -2.11. The van der Waals surface area contributed by atoms with Crippen molar-refractivity contribution >= 4 is 12.0 Å². The number of carbonyl (C=O) groups excluding carboxylic acids is 1. The number of hydrogen-bond donors (Lipinski definition) is 0. The maximum atomic E-state index is 12.4. The number of carbonyl (C=O) groups is 1. The minimum absolute atomic E-state index is 0.117. The van der Waals surface area contributed by atoms with Gasteiger partial charge in [0.2, 0.25) is 0 Å². The Morgan fingerprint density at radius 2 is 2.10 bits per heavy atom. The van der Waals surface area contributed by atoms with Crippen LogP contribution in [0, 0.1) is 0 Å². The Morgan fingerprint density at radius 1 is 1.40 bits per heavy atom. The first-order valence-electron chi connectivity index (χ1n) is 5.96. The lowest BCUT2D eigenvalue weighted by Gasteiger charge is -2.12. The molecule has 0 saturated heterocycles. The van der Waals surface area contributed by atoms with E-state index in [9.17, 15) is 13.6 Å². The number of esters is 1. The highest BCUT2D eigenvalue weighted by Gasteiger charge is 2.15. The Kier molecular flexibility index (Phi) is 5.96. The average molecular weight is 286 g/mol. The van der Waals surface area contributed by atoms with E-state index in [0.717, 1.165) is 0 Å². The van der Waals surface area contributed by atoms with Gasteiger partial charge in [0, 0.05) is 11.1 Å². The molecule has 6 heteroatoms. The van der Waals surface area contributed by atoms with Crippen LogP contribution in [0.4, 0.5) is 8.78 Å². The van der Waals surface area contributed by atoms with Gasteiger partial charge >= 0.3 is 12.6 Å². The molecule has 1 rings (SSSR count). The molecule has 0 atom stereocenters. The second-order valence-corrected chi connectivity index (χ2v) is 3.80. The molecular formula is C14H16F2O4. The largest absolute Gasteiger partial charge is 0.493 e. The second-order valence-electron chi connectivity index (χ2n) is 3.80. The standard InChI is InChI=1S/C14H16F2O4/c1-4-19-13(17)9(2)8-10-6-5-7-11(18-3)12(10)20-14(15)16/h5-8,14H,4H2,1-3H3/b9-8+. The summed E-state index contributed by atoms with van der Waals surface area (Å²) in [5.41, 5.74) is 0.592. The van der Waals surface area contributed by atoms with E-state index in [4.69, 9.17) is 9.47 Å². The van der Waals surface area contributed by atoms with Gasteiger partial charge in [0.05, 0.1) is 13.7 Å². The lowest BCUT2D eigenvalue weighted by molar-refractivity contribution is -0.138. The predicted molar refractivity (Wildman–Crippen MR) is 69.9 cm³/mol. The van der Waals surface area contributed by atoms with Crippen LogP contribution in [-0.4, -0.2) is 26.3 Å². The zero-order valence-corrected chi connectivity index (χ0v) is 11.5. The SMILES string of the molecule is CCOC(=O)/C(C)=C/c1cccc(OC)c1OC(F)F. The highest BCUT2D eigenvalue weighted by atomic mass is 19.3. The number of rotatable bonds is 6. The molecule has 0 spiro atoms. The maximum absolute atomic E-state index is 12.4. The summed E-state index contributed by atoms with van der Waals surface area (Å²) in [5.74, 6) is -0.470. The van der Waals surface area contributed by atoms with Crippen molar-refractivity contribution in [1.29, 1.82) is 0 Å². The van der Waals surface area contributed by atoms with Gasteiger partial charge in [-0.25, -0.2) is 4.79 Å². The first-order chi connectivity index (χ1) is 9.49. The normalized spacial score (nSPS) is 11.4. The van der Waals surface area contributed by atoms with E-state index < -0.39 is 12.6 Å². The van der Waals surface area contributed by atoms with Crippen molar-refractivity contribution in [2.45, 2.75) is 20.5 Å². The van der Waals surface area contributed by atoms with Gasteiger partial charge in [-0.3, -0.25) is 0 Å². The molecule has 1 aromatic rings. The number of methoxy groups -OCH3 is 1. The molecule has 1 aromatic carbocycles. The van der Waals surface area contributed by atoms with Gasteiger partial charge in [-0.2, -0.15) is 8.78 Å². The van der Waals surface area contributed by atoms with Gasteiger partial charge in [-0.05, 0) is 26.0 Å². The molecule has 0 N–H and O–H groups in total. The molecule has 4 nitrogen and oxygen atoms in total. The topological polar surface area (TPSA) is 44.8 Å². The predicted octanol–water partition coefficient (Wildman–Crippen LogP) is 3.26. The van der Waals surface area contributed by atoms with Crippen molar-refractivity contribution in [3.63, 3.8) is 0 Å². The number of para-hydroxylation sites is 1. The summed E-state index contributed by atoms with van der Waals surface area (Å²) in [6.07, 6.45) is 1.41. The summed E-state index contributed by atoms with van der Waals surface area (Å²) >= 11 is 0. The zero-order chi connectivity index (χ0) is 15.1. The molecule has 0 aromatic heterocycles. The van der Waals surface area contributed by atoms with Crippen LogP contribution < -0.4 is 9.47 Å². The van der Waals surface area contributed by atoms with E-state index in [1.807, 2.05) is 0 Å². The average Bonchev–Trinajstić information content (AvgIpc) is 2.40. The van der Waals surface area contributed by atoms with Crippen LogP contribution in [0.5, 0.6) is 11.5 Å². The number of alkyl halides is 2. The summed E-state index contributed by atoms with van der Waals surface area (Å²) in [4.78, 5) is 11.5. The molecule has 0 unspecified atom stereocenters. The van der Waals surface area contributed by atoms with Gasteiger partial charge in [0.1, 0.15) is 0 Å². The van der Waals surface area contributed by atoms with Crippen molar-refractivity contribution in [3.8, 4) is 11.5 Å². The fraction of sp³-hybridized carbons (Fsp3) is 0.357. The lowest BCUT2D eigenvalue weighted by atomic mass is 10.1. The van der Waals surface area contributed by atoms with E-state index in [1.54, 1.807) is 19.1 Å². The van der Waals surface area contributed by atoms with Crippen LogP contribution in [-0.2, 0) is 9.53 Å². The van der Waals surface area contributed by atoms with Crippen LogP contribution in [0.3, 0.4) is 0 Å². The molecule has 110 valence electrons. The summed E-state index contributed by atoms with van der Waals surface area (Å²) in [6.45, 7) is 0.468. The monoisotopic (exact) mass is 286 g/mol. The molecule has 0 radical (unpaired) electrons. The third kappa shape index (κ3) is 4.22. The van der Waals surface area contributed by atoms with Crippen molar-refractivity contribution < 1.29 is 27.8 Å². The first kappa shape index (κ1) is 15.9. The molecule has 0 bridgehead atoms. The van der Waals surface area contributed by atoms with Crippen molar-refractivity contribution in [3.05, 3.63) is 29.3 Å². The summed E-state index contributed by atoms with van der Waals surface area (Å²) in [7, 11) is 1.35. The molecule has 0 fully saturated rings. The van der Waals surface area contributed by atoms with Crippen molar-refractivity contribution in [2.75, 3.05) is 13.7 Å². The summed E-state index contributed by atoms with van der Waals surface area (Å²) in [5, 5.41) is 0. The maximum Gasteiger partial charge on any atom is 0.387 e. The minimum atomic E-state index is -2.98. The Morgan fingerprint density at radius 3 is 2.65 bits per heavy atom. The van der Waals surface area contributed by atoms with E-state index in [2.05, 4.69) is 4.74 Å². The highest BCUT2D eigenvalue weighted by molar-refractivity contribution is 5.93. The smallest absolute Gasteiger partial charge is 0.387 e. The van der Waals surface area contributed by atoms with Crippen LogP contribution in [0.25, 0.3) is 6.08 Å². The van der Waals surface area contributed by atoms with Crippen molar-refractivity contribution in [1.82, 2.24) is 0 Å². The number of halogens is 2. The van der Waals surface area contributed by atoms with Gasteiger partial charge in [-0.15, -0.1) is 0 Å². The van der Waals surface area contributed by atoms with Gasteiger partial charge < -0.3 is 14.2 Å². The third-order valence-electron chi connectivity index (χ3n) is 2.41. The summed E-state index contributed by atoms with van der Waals surface area (Å²) < 4.78 is 39.1. The molecule has 20 heavy (non-hydrogen) atoms. The van der Waals surface area contributed by atoms with E-state index in [0.29, 0.717) is 5.56 Å². The fourth-order valence-corrected chi connectivity index (χ4v) is 1.56. The van der Waals surface area contributed by atoms with Gasteiger partial charge in [-0.1, -0.05) is 12.1 Å². The summed E-state index contributed by atoms with van der Waals surface area (Å²) in [6, 6.07) is 4.65. The molecular weight excluding hydrogens is 270 g/mol. The van der Waals surface area contributed by atoms with Gasteiger partial charge in [0.15, 0.2) is 11.5 Å². The Balaban J connectivity index is 3.16. The van der Waals surface area contributed by atoms with E-state index >= 15 is 0 Å². The minimum Gasteiger partial charge on any atom is -0.493 e. The molecule has 0 aliphatic heterocycles. The van der Waals surface area contributed by atoms with Crippen molar-refractivity contribution in [2.24, 2.45) is 0 Å². The molecule has 0 aliphatic carbocycles.